The Labute approximate surface area is 138 Å². The van der Waals surface area contributed by atoms with E-state index < -0.39 is 0 Å². The number of carbonyl (C=O) groups is 1. The third-order valence-electron chi connectivity index (χ3n) is 5.22. The van der Waals surface area contributed by atoms with Crippen molar-refractivity contribution in [2.75, 3.05) is 13.1 Å². The fraction of sp³-hybridized carbons (Fsp3) is 0.579. The van der Waals surface area contributed by atoms with Crippen LogP contribution in [0.15, 0.2) is 18.2 Å². The van der Waals surface area contributed by atoms with E-state index in [-0.39, 0.29) is 5.91 Å². The molecule has 1 aromatic rings. The lowest BCUT2D eigenvalue weighted by Gasteiger charge is -2.29. The Morgan fingerprint density at radius 2 is 2.04 bits per heavy atom. The number of rotatable bonds is 3. The number of allylic oxidation sites excluding steroid dienone is 2. The highest BCUT2D eigenvalue weighted by Gasteiger charge is 2.25. The lowest BCUT2D eigenvalue weighted by molar-refractivity contribution is 0.0998. The van der Waals surface area contributed by atoms with Gasteiger partial charge < -0.3 is 11.1 Å². The zero-order valence-corrected chi connectivity index (χ0v) is 14.2. The first-order valence-electron chi connectivity index (χ1n) is 8.67. The van der Waals surface area contributed by atoms with Gasteiger partial charge in [0.2, 0.25) is 0 Å². The molecule has 1 aliphatic heterocycles. The molecule has 1 aromatic heterocycles. The Balaban J connectivity index is 1.94. The maximum absolute atomic E-state index is 11.8. The maximum Gasteiger partial charge on any atom is 0.250 e. The van der Waals surface area contributed by atoms with Crippen LogP contribution < -0.4 is 11.1 Å². The molecule has 23 heavy (non-hydrogen) atoms. The molecule has 3 N–H and O–H groups in total. The average Bonchev–Trinajstić information content (AvgIpc) is 2.55. The number of nitrogens with one attached hydrogen (secondary N) is 1. The number of nitrogens with two attached hydrogens (primary N) is 1. The lowest BCUT2D eigenvalue weighted by Crippen LogP contribution is -2.29. The summed E-state index contributed by atoms with van der Waals surface area (Å²) in [6, 6.07) is 3.84. The molecule has 0 spiro atoms. The molecule has 4 heteroatoms. The normalized spacial score (nSPS) is 21.7. The minimum atomic E-state index is -0.365. The second-order valence-corrected chi connectivity index (χ2v) is 7.62. The largest absolute Gasteiger partial charge is 0.366 e. The molecule has 0 atom stereocenters. The highest BCUT2D eigenvalue weighted by atomic mass is 16.1. The van der Waals surface area contributed by atoms with Crippen molar-refractivity contribution in [1.82, 2.24) is 10.3 Å². The quantitative estimate of drug-likeness (QED) is 0.900. The number of carbonyl (C=O) groups excluding carboxylic acids is 1. The highest BCUT2D eigenvalue weighted by molar-refractivity contribution is 5.94. The molecule has 0 saturated carbocycles. The fourth-order valence-corrected chi connectivity index (χ4v) is 3.58. The number of hydrogen-bond donors (Lipinski definition) is 2. The molecule has 1 amide bonds. The van der Waals surface area contributed by atoms with Crippen LogP contribution in [0.25, 0.3) is 5.57 Å². The number of nitrogens with zero attached hydrogens (tertiary/aromatic N) is 1. The third kappa shape index (κ3) is 3.63. The molecule has 2 aliphatic rings. The molecule has 0 aromatic carbocycles. The van der Waals surface area contributed by atoms with Gasteiger partial charge in [-0.3, -0.25) is 9.78 Å². The first-order chi connectivity index (χ1) is 11.0. The van der Waals surface area contributed by atoms with Gasteiger partial charge in [0.15, 0.2) is 0 Å². The van der Waals surface area contributed by atoms with Crippen molar-refractivity contribution in [2.24, 2.45) is 11.1 Å². The van der Waals surface area contributed by atoms with Gasteiger partial charge in [-0.15, -0.1) is 0 Å². The van der Waals surface area contributed by atoms with Crippen molar-refractivity contribution in [1.29, 1.82) is 0 Å². The van der Waals surface area contributed by atoms with Crippen LogP contribution in [-0.4, -0.2) is 24.0 Å². The van der Waals surface area contributed by atoms with Gasteiger partial charge in [0.05, 0.1) is 17.0 Å². The molecule has 0 radical (unpaired) electrons. The Morgan fingerprint density at radius 1 is 1.30 bits per heavy atom. The molecular formula is C19H27N3O. The second-order valence-electron chi connectivity index (χ2n) is 7.62. The first kappa shape index (κ1) is 16.2. The van der Waals surface area contributed by atoms with Gasteiger partial charge in [-0.2, -0.15) is 0 Å². The summed E-state index contributed by atoms with van der Waals surface area (Å²) < 4.78 is 0. The molecule has 2 heterocycles. The van der Waals surface area contributed by atoms with Crippen LogP contribution in [-0.2, 0) is 0 Å². The van der Waals surface area contributed by atoms with E-state index >= 15 is 0 Å². The van der Waals surface area contributed by atoms with E-state index in [0.29, 0.717) is 16.9 Å². The summed E-state index contributed by atoms with van der Waals surface area (Å²) in [4.78, 5) is 16.7. The number of primary amides is 1. The molecule has 124 valence electrons. The third-order valence-corrected chi connectivity index (χ3v) is 5.22. The summed E-state index contributed by atoms with van der Waals surface area (Å²) >= 11 is 0. The van der Waals surface area contributed by atoms with Crippen LogP contribution in [0.3, 0.4) is 0 Å². The Kier molecular flexibility index (Phi) is 4.53. The fourth-order valence-electron chi connectivity index (χ4n) is 3.58. The van der Waals surface area contributed by atoms with Crippen molar-refractivity contribution >= 4 is 11.5 Å². The van der Waals surface area contributed by atoms with Gasteiger partial charge in [0.1, 0.15) is 0 Å². The standard InChI is InChI=1S/C19H27N3O/c1-19(2)9-5-13(6-10-19)16-4-3-15(18(20)23)17(22-16)14-7-11-21-12-8-14/h3-5,14,21H,6-12H2,1-2H3,(H2,20,23). The lowest BCUT2D eigenvalue weighted by atomic mass is 9.77. The van der Waals surface area contributed by atoms with Crippen LogP contribution in [0.5, 0.6) is 0 Å². The van der Waals surface area contributed by atoms with Crippen molar-refractivity contribution in [3.8, 4) is 0 Å². The van der Waals surface area contributed by atoms with Gasteiger partial charge in [-0.25, -0.2) is 0 Å². The van der Waals surface area contributed by atoms with E-state index in [9.17, 15) is 4.79 Å². The van der Waals surface area contributed by atoms with Crippen molar-refractivity contribution < 1.29 is 4.79 Å². The summed E-state index contributed by atoms with van der Waals surface area (Å²) in [6.45, 7) is 6.58. The molecule has 1 aliphatic carbocycles. The Bertz CT molecular complexity index is 628. The van der Waals surface area contributed by atoms with Gasteiger partial charge in [0.25, 0.3) is 5.91 Å². The number of aromatic nitrogens is 1. The first-order valence-corrected chi connectivity index (χ1v) is 8.67. The zero-order valence-electron chi connectivity index (χ0n) is 14.2. The van der Waals surface area contributed by atoms with Crippen LogP contribution in [0.4, 0.5) is 0 Å². The summed E-state index contributed by atoms with van der Waals surface area (Å²) in [5, 5.41) is 3.36. The Hall–Kier alpha value is -1.68. The SMILES string of the molecule is CC1(C)CC=C(c2ccc(C(N)=O)c(C3CCNCC3)n2)CC1. The zero-order chi connectivity index (χ0) is 16.4. The molecule has 0 bridgehead atoms. The highest BCUT2D eigenvalue weighted by Crippen LogP contribution is 2.38. The molecule has 0 unspecified atom stereocenters. The van der Waals surface area contributed by atoms with Crippen molar-refractivity contribution in [3.63, 3.8) is 0 Å². The van der Waals surface area contributed by atoms with Crippen LogP contribution in [0, 0.1) is 5.41 Å². The van der Waals surface area contributed by atoms with E-state index in [4.69, 9.17) is 10.7 Å². The summed E-state index contributed by atoms with van der Waals surface area (Å²) in [6.07, 6.45) is 7.68. The predicted octanol–water partition coefficient (Wildman–Crippen LogP) is 3.24. The molecule has 1 saturated heterocycles. The maximum atomic E-state index is 11.8. The van der Waals surface area contributed by atoms with E-state index in [1.807, 2.05) is 12.1 Å². The summed E-state index contributed by atoms with van der Waals surface area (Å²) in [5.74, 6) is -0.0318. The minimum Gasteiger partial charge on any atom is -0.366 e. The van der Waals surface area contributed by atoms with Gasteiger partial charge in [0, 0.05) is 5.92 Å². The molecular weight excluding hydrogens is 286 g/mol. The topological polar surface area (TPSA) is 68.0 Å². The van der Waals surface area contributed by atoms with Gasteiger partial charge in [-0.05, 0) is 68.3 Å². The van der Waals surface area contributed by atoms with Crippen LogP contribution in [0.1, 0.15) is 73.6 Å². The monoisotopic (exact) mass is 313 g/mol. The summed E-state index contributed by atoms with van der Waals surface area (Å²) in [7, 11) is 0. The Morgan fingerprint density at radius 3 is 2.65 bits per heavy atom. The number of pyridine rings is 1. The van der Waals surface area contributed by atoms with E-state index in [1.54, 1.807) is 0 Å². The van der Waals surface area contributed by atoms with E-state index in [1.165, 1.54) is 12.0 Å². The smallest absolute Gasteiger partial charge is 0.250 e. The van der Waals surface area contributed by atoms with Crippen LogP contribution in [0.2, 0.25) is 0 Å². The number of amides is 1. The van der Waals surface area contributed by atoms with E-state index in [2.05, 4.69) is 25.2 Å². The van der Waals surface area contributed by atoms with Gasteiger partial charge >= 0.3 is 0 Å². The van der Waals surface area contributed by atoms with Gasteiger partial charge in [-0.1, -0.05) is 19.9 Å². The number of hydrogen-bond acceptors (Lipinski definition) is 3. The van der Waals surface area contributed by atoms with E-state index in [0.717, 1.165) is 50.2 Å². The van der Waals surface area contributed by atoms with Crippen molar-refractivity contribution in [2.45, 2.75) is 51.9 Å². The predicted molar refractivity (Wildman–Crippen MR) is 93.2 cm³/mol. The van der Waals surface area contributed by atoms with Crippen LogP contribution >= 0.6 is 0 Å². The summed E-state index contributed by atoms with van der Waals surface area (Å²) in [5.41, 5.74) is 9.80. The minimum absolute atomic E-state index is 0.333. The molecule has 3 rings (SSSR count). The average molecular weight is 313 g/mol. The molecule has 1 fully saturated rings. The number of piperidine rings is 1. The van der Waals surface area contributed by atoms with Crippen molar-refractivity contribution in [3.05, 3.63) is 35.2 Å². The molecule has 4 nitrogen and oxygen atoms in total. The second kappa shape index (κ2) is 6.44.